The van der Waals surface area contributed by atoms with E-state index in [1.807, 2.05) is 36.2 Å². The first-order chi connectivity index (χ1) is 8.69. The highest BCUT2D eigenvalue weighted by molar-refractivity contribution is 6.31. The molecular formula is C13H20ClN3O. The molecule has 0 atom stereocenters. The van der Waals surface area contributed by atoms with E-state index < -0.39 is 0 Å². The molecule has 0 spiro atoms. The number of hydrogen-bond acceptors (Lipinski definition) is 2. The van der Waals surface area contributed by atoms with E-state index in [-0.39, 0.29) is 0 Å². The smallest absolute Gasteiger partial charge is 0.193 e. The molecule has 1 aromatic carbocycles. The van der Waals surface area contributed by atoms with E-state index in [0.29, 0.717) is 13.2 Å². The second kappa shape index (κ2) is 7.95. The minimum atomic E-state index is 0.652. The summed E-state index contributed by atoms with van der Waals surface area (Å²) in [6, 6.07) is 7.82. The standard InChI is InChI=1S/C13H20ClN3O/c1-15-13(16-8-9-18-3)17(2)10-11-6-4-5-7-12(11)14/h4-7H,8-10H2,1-3H3,(H,15,16). The first-order valence-electron chi connectivity index (χ1n) is 5.83. The summed E-state index contributed by atoms with van der Waals surface area (Å²) in [4.78, 5) is 6.24. The van der Waals surface area contributed by atoms with Crippen LogP contribution in [0.2, 0.25) is 5.02 Å². The number of nitrogens with one attached hydrogen (secondary N) is 1. The van der Waals surface area contributed by atoms with E-state index in [0.717, 1.165) is 23.1 Å². The van der Waals surface area contributed by atoms with Crippen LogP contribution >= 0.6 is 11.6 Å². The second-order valence-corrected chi connectivity index (χ2v) is 4.32. The third kappa shape index (κ3) is 4.55. The first kappa shape index (κ1) is 14.8. The molecule has 5 heteroatoms. The predicted octanol–water partition coefficient (Wildman–Crippen LogP) is 1.99. The lowest BCUT2D eigenvalue weighted by molar-refractivity contribution is 0.203. The van der Waals surface area contributed by atoms with Crippen molar-refractivity contribution < 1.29 is 4.74 Å². The normalized spacial score (nSPS) is 11.4. The van der Waals surface area contributed by atoms with Crippen LogP contribution < -0.4 is 5.32 Å². The number of ether oxygens (including phenoxy) is 1. The Morgan fingerprint density at radius 2 is 2.17 bits per heavy atom. The molecule has 0 fully saturated rings. The Morgan fingerprint density at radius 3 is 2.78 bits per heavy atom. The van der Waals surface area contributed by atoms with Gasteiger partial charge in [0.05, 0.1) is 6.61 Å². The van der Waals surface area contributed by atoms with Crippen molar-refractivity contribution in [3.63, 3.8) is 0 Å². The van der Waals surface area contributed by atoms with Gasteiger partial charge >= 0.3 is 0 Å². The van der Waals surface area contributed by atoms with Crippen LogP contribution in [0.25, 0.3) is 0 Å². The van der Waals surface area contributed by atoms with Gasteiger partial charge in [0.1, 0.15) is 0 Å². The molecule has 0 aliphatic heterocycles. The molecule has 1 N–H and O–H groups in total. The fourth-order valence-electron chi connectivity index (χ4n) is 1.61. The van der Waals surface area contributed by atoms with Gasteiger partial charge in [0, 0.05) is 39.3 Å². The van der Waals surface area contributed by atoms with Gasteiger partial charge < -0.3 is 15.0 Å². The molecule has 0 bridgehead atoms. The molecule has 1 rings (SSSR count). The van der Waals surface area contributed by atoms with Crippen molar-refractivity contribution in [1.82, 2.24) is 10.2 Å². The number of rotatable bonds is 5. The number of aliphatic imine (C=N–C) groups is 1. The zero-order valence-corrected chi connectivity index (χ0v) is 11.9. The van der Waals surface area contributed by atoms with Crippen LogP contribution in [0.4, 0.5) is 0 Å². The third-order valence-electron chi connectivity index (χ3n) is 2.53. The van der Waals surface area contributed by atoms with Crippen molar-refractivity contribution in [2.45, 2.75) is 6.54 Å². The lowest BCUT2D eigenvalue weighted by Gasteiger charge is -2.22. The molecule has 0 aliphatic rings. The summed E-state index contributed by atoms with van der Waals surface area (Å²) in [5.74, 6) is 0.826. The van der Waals surface area contributed by atoms with E-state index in [1.54, 1.807) is 14.2 Å². The van der Waals surface area contributed by atoms with Crippen molar-refractivity contribution >= 4 is 17.6 Å². The van der Waals surface area contributed by atoms with Crippen LogP contribution in [-0.4, -0.2) is 45.2 Å². The van der Waals surface area contributed by atoms with Crippen molar-refractivity contribution in [2.75, 3.05) is 34.4 Å². The highest BCUT2D eigenvalue weighted by atomic mass is 35.5. The molecule has 0 saturated carbocycles. The fraction of sp³-hybridized carbons (Fsp3) is 0.462. The number of methoxy groups -OCH3 is 1. The Balaban J connectivity index is 2.58. The topological polar surface area (TPSA) is 36.9 Å². The van der Waals surface area contributed by atoms with E-state index in [4.69, 9.17) is 16.3 Å². The van der Waals surface area contributed by atoms with E-state index in [1.165, 1.54) is 0 Å². The summed E-state index contributed by atoms with van der Waals surface area (Å²) in [5.41, 5.74) is 1.08. The van der Waals surface area contributed by atoms with Gasteiger partial charge in [-0.2, -0.15) is 0 Å². The summed E-state index contributed by atoms with van der Waals surface area (Å²) in [5, 5.41) is 3.99. The molecule has 1 aromatic rings. The lowest BCUT2D eigenvalue weighted by atomic mass is 10.2. The number of guanidine groups is 1. The number of benzene rings is 1. The minimum absolute atomic E-state index is 0.652. The quantitative estimate of drug-likeness (QED) is 0.505. The van der Waals surface area contributed by atoms with Gasteiger partial charge in [-0.15, -0.1) is 0 Å². The summed E-state index contributed by atoms with van der Waals surface area (Å²) < 4.78 is 5.00. The molecule has 100 valence electrons. The molecule has 0 amide bonds. The monoisotopic (exact) mass is 269 g/mol. The highest BCUT2D eigenvalue weighted by Gasteiger charge is 2.07. The predicted molar refractivity (Wildman–Crippen MR) is 76.2 cm³/mol. The molecule has 0 aliphatic carbocycles. The molecule has 0 saturated heterocycles. The Morgan fingerprint density at radius 1 is 1.44 bits per heavy atom. The lowest BCUT2D eigenvalue weighted by Crippen LogP contribution is -2.39. The van der Waals surface area contributed by atoms with Gasteiger partial charge in [-0.1, -0.05) is 29.8 Å². The molecule has 0 radical (unpaired) electrons. The molecule has 4 nitrogen and oxygen atoms in total. The highest BCUT2D eigenvalue weighted by Crippen LogP contribution is 2.16. The number of hydrogen-bond donors (Lipinski definition) is 1. The van der Waals surface area contributed by atoms with Gasteiger partial charge in [0.15, 0.2) is 5.96 Å². The third-order valence-corrected chi connectivity index (χ3v) is 2.90. The zero-order chi connectivity index (χ0) is 13.4. The van der Waals surface area contributed by atoms with E-state index >= 15 is 0 Å². The summed E-state index contributed by atoms with van der Waals surface area (Å²) in [6.45, 7) is 2.10. The average molecular weight is 270 g/mol. The molecule has 0 aromatic heterocycles. The zero-order valence-electron chi connectivity index (χ0n) is 11.1. The molecular weight excluding hydrogens is 250 g/mol. The summed E-state index contributed by atoms with van der Waals surface area (Å²) in [7, 11) is 5.42. The van der Waals surface area contributed by atoms with Crippen LogP contribution in [0.3, 0.4) is 0 Å². The molecule has 18 heavy (non-hydrogen) atoms. The van der Waals surface area contributed by atoms with Crippen LogP contribution in [0.15, 0.2) is 29.3 Å². The van der Waals surface area contributed by atoms with Crippen LogP contribution in [0, 0.1) is 0 Å². The van der Waals surface area contributed by atoms with Gasteiger partial charge in [0.2, 0.25) is 0 Å². The van der Waals surface area contributed by atoms with Crippen LogP contribution in [0.5, 0.6) is 0 Å². The summed E-state index contributed by atoms with van der Waals surface area (Å²) >= 11 is 6.14. The Labute approximate surface area is 114 Å². The van der Waals surface area contributed by atoms with E-state index in [9.17, 15) is 0 Å². The summed E-state index contributed by atoms with van der Waals surface area (Å²) in [6.07, 6.45) is 0. The van der Waals surface area contributed by atoms with Crippen molar-refractivity contribution in [3.05, 3.63) is 34.9 Å². The molecule has 0 heterocycles. The largest absolute Gasteiger partial charge is 0.383 e. The van der Waals surface area contributed by atoms with Gasteiger partial charge in [-0.3, -0.25) is 4.99 Å². The Hall–Kier alpha value is -1.26. The van der Waals surface area contributed by atoms with Crippen molar-refractivity contribution in [2.24, 2.45) is 4.99 Å². The van der Waals surface area contributed by atoms with Crippen LogP contribution in [-0.2, 0) is 11.3 Å². The van der Waals surface area contributed by atoms with E-state index in [2.05, 4.69) is 10.3 Å². The Bertz CT molecular complexity index is 396. The first-order valence-corrected chi connectivity index (χ1v) is 6.21. The van der Waals surface area contributed by atoms with Gasteiger partial charge in [0.25, 0.3) is 0 Å². The SMILES string of the molecule is CN=C(NCCOC)N(C)Cc1ccccc1Cl. The second-order valence-electron chi connectivity index (χ2n) is 3.91. The van der Waals surface area contributed by atoms with Gasteiger partial charge in [-0.05, 0) is 11.6 Å². The minimum Gasteiger partial charge on any atom is -0.383 e. The fourth-order valence-corrected chi connectivity index (χ4v) is 1.80. The Kier molecular flexibility index (Phi) is 6.54. The number of halogens is 1. The maximum Gasteiger partial charge on any atom is 0.193 e. The van der Waals surface area contributed by atoms with Crippen molar-refractivity contribution in [1.29, 1.82) is 0 Å². The average Bonchev–Trinajstić information content (AvgIpc) is 2.37. The van der Waals surface area contributed by atoms with Crippen LogP contribution in [0.1, 0.15) is 5.56 Å². The van der Waals surface area contributed by atoms with Crippen molar-refractivity contribution in [3.8, 4) is 0 Å². The maximum atomic E-state index is 6.14. The number of nitrogens with zero attached hydrogens (tertiary/aromatic N) is 2. The maximum absolute atomic E-state index is 6.14. The van der Waals surface area contributed by atoms with Gasteiger partial charge in [-0.25, -0.2) is 0 Å². The molecule has 0 unspecified atom stereocenters.